The van der Waals surface area contributed by atoms with Crippen LogP contribution in [-0.4, -0.2) is 6.61 Å². The highest BCUT2D eigenvalue weighted by Crippen LogP contribution is 2.09. The summed E-state index contributed by atoms with van der Waals surface area (Å²) >= 11 is 0. The van der Waals surface area contributed by atoms with Crippen LogP contribution in [0.2, 0.25) is 0 Å². The second-order valence-electron chi connectivity index (χ2n) is 3.95. The van der Waals surface area contributed by atoms with Gasteiger partial charge in [0.2, 0.25) is 0 Å². The molecule has 0 fully saturated rings. The number of nitriles is 1. The summed E-state index contributed by atoms with van der Waals surface area (Å²) in [6, 6.07) is 6.23. The minimum Gasteiger partial charge on any atom is -0.301 e. The van der Waals surface area contributed by atoms with Crippen molar-refractivity contribution in [1.82, 2.24) is 5.48 Å². The SMILES string of the molecule is CC(C)CONCc1ccc(F)c(C#N)c1. The molecule has 1 aromatic carbocycles. The van der Waals surface area contributed by atoms with E-state index in [-0.39, 0.29) is 5.56 Å². The summed E-state index contributed by atoms with van der Waals surface area (Å²) in [6.45, 7) is 5.18. The van der Waals surface area contributed by atoms with Crippen LogP contribution in [-0.2, 0) is 11.4 Å². The quantitative estimate of drug-likeness (QED) is 0.614. The maximum absolute atomic E-state index is 13.0. The minimum absolute atomic E-state index is 0.0585. The molecule has 16 heavy (non-hydrogen) atoms. The second-order valence-corrected chi connectivity index (χ2v) is 3.95. The number of nitrogens with one attached hydrogen (secondary N) is 1. The van der Waals surface area contributed by atoms with Gasteiger partial charge in [-0.25, -0.2) is 4.39 Å². The molecule has 0 atom stereocenters. The number of hydrogen-bond acceptors (Lipinski definition) is 3. The van der Waals surface area contributed by atoms with Gasteiger partial charge in [-0.15, -0.1) is 0 Å². The van der Waals surface area contributed by atoms with Crippen molar-refractivity contribution in [1.29, 1.82) is 5.26 Å². The fourth-order valence-electron chi connectivity index (χ4n) is 1.13. The average Bonchev–Trinajstić information content (AvgIpc) is 2.26. The molecule has 4 heteroatoms. The van der Waals surface area contributed by atoms with Crippen molar-refractivity contribution in [2.24, 2.45) is 5.92 Å². The fraction of sp³-hybridized carbons (Fsp3) is 0.417. The molecular formula is C12H15FN2O. The molecule has 0 saturated carbocycles. The Balaban J connectivity index is 2.46. The smallest absolute Gasteiger partial charge is 0.140 e. The molecule has 0 amide bonds. The van der Waals surface area contributed by atoms with E-state index >= 15 is 0 Å². The molecule has 3 nitrogen and oxygen atoms in total. The van der Waals surface area contributed by atoms with Gasteiger partial charge in [0.1, 0.15) is 11.9 Å². The zero-order chi connectivity index (χ0) is 12.0. The molecule has 0 radical (unpaired) electrons. The molecule has 0 aliphatic carbocycles. The van der Waals surface area contributed by atoms with Crippen LogP contribution in [0, 0.1) is 23.1 Å². The molecule has 0 unspecified atom stereocenters. The van der Waals surface area contributed by atoms with Gasteiger partial charge in [0, 0.05) is 6.54 Å². The van der Waals surface area contributed by atoms with Crippen molar-refractivity contribution in [3.63, 3.8) is 0 Å². The van der Waals surface area contributed by atoms with E-state index in [4.69, 9.17) is 10.1 Å². The van der Waals surface area contributed by atoms with Gasteiger partial charge in [-0.05, 0) is 23.6 Å². The summed E-state index contributed by atoms with van der Waals surface area (Å²) in [5.41, 5.74) is 3.65. The molecule has 0 aromatic heterocycles. The maximum Gasteiger partial charge on any atom is 0.140 e. The normalized spacial score (nSPS) is 10.4. The van der Waals surface area contributed by atoms with E-state index in [0.29, 0.717) is 19.1 Å². The summed E-state index contributed by atoms with van der Waals surface area (Å²) in [4.78, 5) is 5.18. The molecule has 86 valence electrons. The predicted octanol–water partition coefficient (Wildman–Crippen LogP) is 2.37. The topological polar surface area (TPSA) is 45.0 Å². The monoisotopic (exact) mass is 222 g/mol. The first kappa shape index (κ1) is 12.6. The van der Waals surface area contributed by atoms with Crippen molar-refractivity contribution in [3.05, 3.63) is 35.1 Å². The summed E-state index contributed by atoms with van der Waals surface area (Å²) in [5, 5.41) is 8.65. The van der Waals surface area contributed by atoms with E-state index in [1.165, 1.54) is 12.1 Å². The van der Waals surface area contributed by atoms with Crippen LogP contribution in [0.5, 0.6) is 0 Å². The van der Waals surface area contributed by atoms with Crippen molar-refractivity contribution in [2.75, 3.05) is 6.61 Å². The van der Waals surface area contributed by atoms with Crippen LogP contribution in [0.15, 0.2) is 18.2 Å². The van der Waals surface area contributed by atoms with E-state index in [2.05, 4.69) is 5.48 Å². The van der Waals surface area contributed by atoms with Gasteiger partial charge in [-0.3, -0.25) is 0 Å². The van der Waals surface area contributed by atoms with E-state index < -0.39 is 5.82 Å². The van der Waals surface area contributed by atoms with Gasteiger partial charge in [0.15, 0.2) is 0 Å². The van der Waals surface area contributed by atoms with Crippen LogP contribution in [0.25, 0.3) is 0 Å². The van der Waals surface area contributed by atoms with Crippen molar-refractivity contribution < 1.29 is 9.23 Å². The fourth-order valence-corrected chi connectivity index (χ4v) is 1.13. The highest BCUT2D eigenvalue weighted by molar-refractivity contribution is 5.34. The molecule has 0 spiro atoms. The molecule has 0 saturated heterocycles. The molecule has 0 aliphatic heterocycles. The summed E-state index contributed by atoms with van der Waals surface area (Å²) in [5.74, 6) is -0.0373. The Kier molecular flexibility index (Phi) is 4.90. The minimum atomic E-state index is -0.491. The van der Waals surface area contributed by atoms with Gasteiger partial charge in [0.05, 0.1) is 12.2 Å². The third-order valence-electron chi connectivity index (χ3n) is 1.95. The third-order valence-corrected chi connectivity index (χ3v) is 1.95. The van der Waals surface area contributed by atoms with Gasteiger partial charge in [-0.1, -0.05) is 19.9 Å². The molecule has 0 bridgehead atoms. The van der Waals surface area contributed by atoms with Crippen LogP contribution in [0.1, 0.15) is 25.0 Å². The zero-order valence-corrected chi connectivity index (χ0v) is 9.46. The Hall–Kier alpha value is -1.44. The van der Waals surface area contributed by atoms with Crippen LogP contribution in [0.3, 0.4) is 0 Å². The Morgan fingerprint density at radius 3 is 2.88 bits per heavy atom. The Bertz CT molecular complexity index is 385. The first-order chi connectivity index (χ1) is 7.63. The van der Waals surface area contributed by atoms with Crippen molar-refractivity contribution in [3.8, 4) is 6.07 Å². The Morgan fingerprint density at radius 2 is 2.25 bits per heavy atom. The third kappa shape index (κ3) is 3.97. The van der Waals surface area contributed by atoms with Gasteiger partial charge in [0.25, 0.3) is 0 Å². The number of rotatable bonds is 5. The lowest BCUT2D eigenvalue weighted by Crippen LogP contribution is -2.17. The van der Waals surface area contributed by atoms with E-state index in [9.17, 15) is 4.39 Å². The number of hydroxylamine groups is 1. The molecule has 1 N–H and O–H groups in total. The Labute approximate surface area is 94.8 Å². The lowest BCUT2D eigenvalue weighted by Gasteiger charge is -2.08. The van der Waals surface area contributed by atoms with Crippen molar-refractivity contribution in [2.45, 2.75) is 20.4 Å². The van der Waals surface area contributed by atoms with Crippen LogP contribution in [0.4, 0.5) is 4.39 Å². The summed E-state index contributed by atoms with van der Waals surface area (Å²) < 4.78 is 13.0. The number of benzene rings is 1. The average molecular weight is 222 g/mol. The standard InChI is InChI=1S/C12H15FN2O/c1-9(2)8-16-15-7-10-3-4-12(13)11(5-10)6-14/h3-5,9,15H,7-8H2,1-2H3. The van der Waals surface area contributed by atoms with Crippen LogP contribution < -0.4 is 5.48 Å². The Morgan fingerprint density at radius 1 is 1.50 bits per heavy atom. The molecular weight excluding hydrogens is 207 g/mol. The van der Waals surface area contributed by atoms with Gasteiger partial charge < -0.3 is 4.84 Å². The van der Waals surface area contributed by atoms with Crippen LogP contribution >= 0.6 is 0 Å². The van der Waals surface area contributed by atoms with Gasteiger partial charge in [-0.2, -0.15) is 10.7 Å². The molecule has 0 aliphatic rings. The number of halogens is 1. The molecule has 1 rings (SSSR count). The molecule has 1 aromatic rings. The van der Waals surface area contributed by atoms with Gasteiger partial charge >= 0.3 is 0 Å². The molecule has 0 heterocycles. The summed E-state index contributed by atoms with van der Waals surface area (Å²) in [7, 11) is 0. The van der Waals surface area contributed by atoms with Crippen molar-refractivity contribution >= 4 is 0 Å². The maximum atomic E-state index is 13.0. The number of hydrogen-bond donors (Lipinski definition) is 1. The summed E-state index contributed by atoms with van der Waals surface area (Å²) in [6.07, 6.45) is 0. The highest BCUT2D eigenvalue weighted by Gasteiger charge is 2.02. The number of nitrogens with zero attached hydrogens (tertiary/aromatic N) is 1. The predicted molar refractivity (Wildman–Crippen MR) is 58.7 cm³/mol. The van der Waals surface area contributed by atoms with E-state index in [0.717, 1.165) is 5.56 Å². The zero-order valence-electron chi connectivity index (χ0n) is 9.46. The first-order valence-corrected chi connectivity index (χ1v) is 5.16. The van der Waals surface area contributed by atoms with E-state index in [1.54, 1.807) is 12.1 Å². The lowest BCUT2D eigenvalue weighted by molar-refractivity contribution is 0.0196. The highest BCUT2D eigenvalue weighted by atomic mass is 19.1. The largest absolute Gasteiger partial charge is 0.301 e. The lowest BCUT2D eigenvalue weighted by atomic mass is 10.1. The first-order valence-electron chi connectivity index (χ1n) is 5.16. The van der Waals surface area contributed by atoms with E-state index in [1.807, 2.05) is 13.8 Å². The second kappa shape index (κ2) is 6.21.